The minimum Gasteiger partial charge on any atom is -0.480 e. The lowest BCUT2D eigenvalue weighted by Gasteiger charge is -2.31. The van der Waals surface area contributed by atoms with Crippen LogP contribution in [0.3, 0.4) is 0 Å². The number of amides is 1. The molecule has 1 aromatic rings. The second kappa shape index (κ2) is 4.91. The number of hydrogen-bond donors (Lipinski definition) is 1. The Morgan fingerprint density at radius 3 is 2.35 bits per heavy atom. The molecule has 0 atom stereocenters. The molecule has 0 aliphatic heterocycles. The van der Waals surface area contributed by atoms with E-state index in [2.05, 4.69) is 5.10 Å². The van der Waals surface area contributed by atoms with Crippen LogP contribution in [0, 0.1) is 17.0 Å². The average Bonchev–Trinajstić information content (AvgIpc) is 2.61. The number of carbonyl (C=O) groups excluding carboxylic acids is 1. The molecule has 9 nitrogen and oxygen atoms in total. The van der Waals surface area contributed by atoms with Crippen molar-refractivity contribution in [2.75, 3.05) is 7.05 Å². The topological polar surface area (TPSA) is 119 Å². The van der Waals surface area contributed by atoms with Gasteiger partial charge in [-0.3, -0.25) is 19.6 Å². The molecule has 0 bridgehead atoms. The lowest BCUT2D eigenvalue weighted by atomic mass is 10.0. The van der Waals surface area contributed by atoms with Crippen LogP contribution in [-0.2, 0) is 11.8 Å². The third-order valence-electron chi connectivity index (χ3n) is 3.24. The minimum absolute atomic E-state index is 0.0994. The van der Waals surface area contributed by atoms with E-state index >= 15 is 0 Å². The molecule has 20 heavy (non-hydrogen) atoms. The van der Waals surface area contributed by atoms with E-state index in [0.717, 1.165) is 9.58 Å². The van der Waals surface area contributed by atoms with Gasteiger partial charge in [0, 0.05) is 14.1 Å². The van der Waals surface area contributed by atoms with E-state index in [9.17, 15) is 19.7 Å². The quantitative estimate of drug-likeness (QED) is 0.637. The Bertz CT molecular complexity index is 590. The van der Waals surface area contributed by atoms with Crippen LogP contribution in [0.2, 0.25) is 0 Å². The highest BCUT2D eigenvalue weighted by Gasteiger charge is 2.40. The minimum atomic E-state index is -1.50. The molecule has 0 spiro atoms. The predicted molar refractivity (Wildman–Crippen MR) is 68.4 cm³/mol. The third-order valence-corrected chi connectivity index (χ3v) is 3.24. The van der Waals surface area contributed by atoms with Crippen LogP contribution in [0.4, 0.5) is 5.69 Å². The zero-order chi connectivity index (χ0) is 15.8. The molecule has 0 saturated heterocycles. The van der Waals surface area contributed by atoms with Crippen molar-refractivity contribution in [2.24, 2.45) is 7.05 Å². The summed E-state index contributed by atoms with van der Waals surface area (Å²) in [5, 5.41) is 24.0. The van der Waals surface area contributed by atoms with E-state index in [1.807, 2.05) is 0 Å². The maximum Gasteiger partial charge on any atom is 0.329 e. The second-order valence-electron chi connectivity index (χ2n) is 4.89. The Labute approximate surface area is 114 Å². The van der Waals surface area contributed by atoms with E-state index in [1.54, 1.807) is 0 Å². The van der Waals surface area contributed by atoms with E-state index in [4.69, 9.17) is 5.11 Å². The number of hydrogen-bond acceptors (Lipinski definition) is 5. The number of carboxylic acid groups (broad SMARTS) is 1. The Morgan fingerprint density at radius 2 is 1.95 bits per heavy atom. The molecule has 0 saturated carbocycles. The number of carbonyl (C=O) groups is 2. The third kappa shape index (κ3) is 2.33. The van der Waals surface area contributed by atoms with Crippen molar-refractivity contribution in [3.8, 4) is 0 Å². The number of aliphatic carboxylic acids is 1. The fourth-order valence-corrected chi connectivity index (χ4v) is 1.66. The standard InChI is InChI=1S/C11H16N4O5/c1-6-7(15(19)20)8(14(5)12-6)9(16)13(4)11(2,3)10(17)18/h1-5H3,(H,17,18). The van der Waals surface area contributed by atoms with Crippen molar-refractivity contribution in [3.05, 3.63) is 21.5 Å². The lowest BCUT2D eigenvalue weighted by Crippen LogP contribution is -2.51. The van der Waals surface area contributed by atoms with Crippen LogP contribution in [0.25, 0.3) is 0 Å². The zero-order valence-electron chi connectivity index (χ0n) is 11.9. The summed E-state index contributed by atoms with van der Waals surface area (Å²) in [6.45, 7) is 4.09. The summed E-state index contributed by atoms with van der Waals surface area (Å²) < 4.78 is 1.09. The molecule has 110 valence electrons. The molecule has 1 amide bonds. The number of likely N-dealkylation sites (N-methyl/N-ethyl adjacent to an activating group) is 1. The fourth-order valence-electron chi connectivity index (χ4n) is 1.66. The van der Waals surface area contributed by atoms with Crippen LogP contribution < -0.4 is 0 Å². The highest BCUT2D eigenvalue weighted by atomic mass is 16.6. The van der Waals surface area contributed by atoms with Gasteiger partial charge in [0.05, 0.1) is 4.92 Å². The van der Waals surface area contributed by atoms with Gasteiger partial charge in [-0.1, -0.05) is 0 Å². The first-order valence-electron chi connectivity index (χ1n) is 5.71. The molecule has 1 aromatic heterocycles. The van der Waals surface area contributed by atoms with Crippen LogP contribution in [0.15, 0.2) is 0 Å². The van der Waals surface area contributed by atoms with E-state index in [1.165, 1.54) is 34.9 Å². The zero-order valence-corrected chi connectivity index (χ0v) is 11.9. The maximum atomic E-state index is 12.4. The molecule has 9 heteroatoms. The van der Waals surface area contributed by atoms with Gasteiger partial charge in [0.2, 0.25) is 5.69 Å². The van der Waals surface area contributed by atoms with Gasteiger partial charge in [-0.2, -0.15) is 5.10 Å². The summed E-state index contributed by atoms with van der Waals surface area (Å²) in [5.74, 6) is -1.98. The van der Waals surface area contributed by atoms with Gasteiger partial charge in [-0.05, 0) is 20.8 Å². The van der Waals surface area contributed by atoms with Crippen molar-refractivity contribution >= 4 is 17.6 Å². The van der Waals surface area contributed by atoms with Gasteiger partial charge in [0.1, 0.15) is 11.2 Å². The van der Waals surface area contributed by atoms with Crippen molar-refractivity contribution in [2.45, 2.75) is 26.3 Å². The van der Waals surface area contributed by atoms with Crippen LogP contribution in [-0.4, -0.2) is 49.2 Å². The molecule has 0 fully saturated rings. The highest BCUT2D eigenvalue weighted by molar-refractivity contribution is 5.99. The predicted octanol–water partition coefficient (Wildman–Crippen LogP) is 0.572. The monoisotopic (exact) mass is 284 g/mol. The SMILES string of the molecule is Cc1nn(C)c(C(=O)N(C)C(C)(C)C(=O)O)c1[N+](=O)[O-]. The highest BCUT2D eigenvalue weighted by Crippen LogP contribution is 2.25. The Morgan fingerprint density at radius 1 is 1.45 bits per heavy atom. The van der Waals surface area contributed by atoms with E-state index in [-0.39, 0.29) is 11.4 Å². The van der Waals surface area contributed by atoms with E-state index < -0.39 is 28.0 Å². The number of carboxylic acids is 1. The first-order chi connectivity index (χ1) is 9.01. The van der Waals surface area contributed by atoms with Crippen molar-refractivity contribution in [3.63, 3.8) is 0 Å². The number of aromatic nitrogens is 2. The summed E-state index contributed by atoms with van der Waals surface area (Å²) in [7, 11) is 2.68. The van der Waals surface area contributed by atoms with Crippen LogP contribution in [0.1, 0.15) is 30.0 Å². The summed E-state index contributed by atoms with van der Waals surface area (Å²) >= 11 is 0. The summed E-state index contributed by atoms with van der Waals surface area (Å²) in [5.41, 5.74) is -2.06. The van der Waals surface area contributed by atoms with Crippen molar-refractivity contribution in [1.29, 1.82) is 0 Å². The van der Waals surface area contributed by atoms with Gasteiger partial charge in [-0.15, -0.1) is 0 Å². The Kier molecular flexibility index (Phi) is 3.83. The summed E-state index contributed by atoms with van der Waals surface area (Å²) in [6.07, 6.45) is 0. The molecule has 0 radical (unpaired) electrons. The van der Waals surface area contributed by atoms with Gasteiger partial charge in [0.25, 0.3) is 5.91 Å². The first kappa shape index (κ1) is 15.6. The fraction of sp³-hybridized carbons (Fsp3) is 0.545. The molecule has 1 N–H and O–H groups in total. The van der Waals surface area contributed by atoms with Crippen molar-refractivity contribution < 1.29 is 19.6 Å². The van der Waals surface area contributed by atoms with Gasteiger partial charge >= 0.3 is 11.7 Å². The Hall–Kier alpha value is -2.45. The second-order valence-corrected chi connectivity index (χ2v) is 4.89. The molecule has 1 heterocycles. The van der Waals surface area contributed by atoms with E-state index in [0.29, 0.717) is 0 Å². The first-order valence-corrected chi connectivity index (χ1v) is 5.71. The Balaban J connectivity index is 3.36. The summed E-state index contributed by atoms with van der Waals surface area (Å²) in [6, 6.07) is 0. The number of aryl methyl sites for hydroxylation is 2. The average molecular weight is 284 g/mol. The smallest absolute Gasteiger partial charge is 0.329 e. The lowest BCUT2D eigenvalue weighted by molar-refractivity contribution is -0.385. The van der Waals surface area contributed by atoms with Crippen LogP contribution in [0.5, 0.6) is 0 Å². The molecule has 0 unspecified atom stereocenters. The molecule has 0 aliphatic rings. The van der Waals surface area contributed by atoms with Gasteiger partial charge in [-0.25, -0.2) is 4.79 Å². The molecular weight excluding hydrogens is 268 g/mol. The molecular formula is C11H16N4O5. The molecule has 1 rings (SSSR count). The van der Waals surface area contributed by atoms with Gasteiger partial charge < -0.3 is 10.0 Å². The van der Waals surface area contributed by atoms with Crippen molar-refractivity contribution in [1.82, 2.24) is 14.7 Å². The summed E-state index contributed by atoms with van der Waals surface area (Å²) in [4.78, 5) is 34.8. The number of nitrogens with zero attached hydrogens (tertiary/aromatic N) is 4. The van der Waals surface area contributed by atoms with Crippen LogP contribution >= 0.6 is 0 Å². The largest absolute Gasteiger partial charge is 0.480 e. The van der Waals surface area contributed by atoms with Gasteiger partial charge in [0.15, 0.2) is 0 Å². The molecule has 0 aliphatic carbocycles. The maximum absolute atomic E-state index is 12.4. The number of nitro groups is 1. The molecule has 0 aromatic carbocycles. The number of rotatable bonds is 4. The normalized spacial score (nSPS) is 11.2.